The van der Waals surface area contributed by atoms with Crippen molar-refractivity contribution in [3.05, 3.63) is 54.4 Å². The van der Waals surface area contributed by atoms with Crippen molar-refractivity contribution < 1.29 is 22.5 Å². The minimum atomic E-state index is -3.71. The number of methoxy groups -OCH3 is 1. The molecule has 0 unspecified atom stereocenters. The molecule has 10 heteroatoms. The maximum absolute atomic E-state index is 13.2. The number of hydrogen-bond acceptors (Lipinski definition) is 7. The molecule has 9 nitrogen and oxygen atoms in total. The second-order valence-electron chi connectivity index (χ2n) is 7.79. The number of anilines is 1. The Labute approximate surface area is 192 Å². The lowest BCUT2D eigenvalue weighted by atomic mass is 9.97. The van der Waals surface area contributed by atoms with Gasteiger partial charge in [0, 0.05) is 36.7 Å². The minimum Gasteiger partial charge on any atom is -0.497 e. The molecule has 1 N–H and O–H groups in total. The predicted octanol–water partition coefficient (Wildman–Crippen LogP) is 3.35. The second kappa shape index (κ2) is 9.72. The average molecular weight is 471 g/mol. The summed E-state index contributed by atoms with van der Waals surface area (Å²) >= 11 is 0. The molecule has 0 saturated carbocycles. The number of aryl methyl sites for hydroxylation is 1. The summed E-state index contributed by atoms with van der Waals surface area (Å²) in [6, 6.07) is 13.6. The van der Waals surface area contributed by atoms with Gasteiger partial charge in [0.05, 0.1) is 12.0 Å². The Morgan fingerprint density at radius 3 is 2.55 bits per heavy atom. The Bertz CT molecular complexity index is 1220. The number of hydrogen-bond donors (Lipinski definition) is 1. The quantitative estimate of drug-likeness (QED) is 0.563. The summed E-state index contributed by atoms with van der Waals surface area (Å²) in [4.78, 5) is 17.1. The Morgan fingerprint density at radius 2 is 1.91 bits per heavy atom. The van der Waals surface area contributed by atoms with Crippen LogP contribution in [0, 0.1) is 5.92 Å². The molecule has 174 valence electrons. The Balaban J connectivity index is 1.40. The van der Waals surface area contributed by atoms with Gasteiger partial charge in [-0.05, 0) is 49.2 Å². The van der Waals surface area contributed by atoms with Gasteiger partial charge in [-0.15, -0.1) is 0 Å². The summed E-state index contributed by atoms with van der Waals surface area (Å²) in [7, 11) is -2.12. The molecular formula is C23H26N4O5S. The van der Waals surface area contributed by atoms with E-state index < -0.39 is 10.0 Å². The van der Waals surface area contributed by atoms with E-state index in [9.17, 15) is 13.2 Å². The predicted molar refractivity (Wildman–Crippen MR) is 122 cm³/mol. The van der Waals surface area contributed by atoms with Crippen LogP contribution in [0.5, 0.6) is 5.75 Å². The Hall–Kier alpha value is -3.24. The van der Waals surface area contributed by atoms with Gasteiger partial charge in [0.25, 0.3) is 0 Å². The fraction of sp³-hybridized carbons (Fsp3) is 0.348. The van der Waals surface area contributed by atoms with Crippen LogP contribution < -0.4 is 10.1 Å². The van der Waals surface area contributed by atoms with Gasteiger partial charge >= 0.3 is 0 Å². The number of sulfonamides is 1. The number of ether oxygens (including phenoxy) is 1. The molecule has 0 spiro atoms. The highest BCUT2D eigenvalue weighted by molar-refractivity contribution is 7.89. The molecular weight excluding hydrogens is 444 g/mol. The zero-order valence-electron chi connectivity index (χ0n) is 18.5. The largest absolute Gasteiger partial charge is 0.497 e. The third-order valence-corrected chi connectivity index (χ3v) is 7.58. The van der Waals surface area contributed by atoms with Crippen LogP contribution in [0.1, 0.15) is 25.7 Å². The van der Waals surface area contributed by atoms with Crippen molar-refractivity contribution in [2.75, 3.05) is 25.5 Å². The van der Waals surface area contributed by atoms with Crippen LogP contribution in [-0.2, 0) is 21.2 Å². The fourth-order valence-corrected chi connectivity index (χ4v) is 5.25. The number of nitrogens with zero attached hydrogens (tertiary/aromatic N) is 3. The SMILES string of the molecule is CCc1nc(-c2cccc(S(=O)(=O)N3CCC(C(=O)Nc4ccc(OC)cc4)CC3)c2)no1. The molecule has 1 aliphatic heterocycles. The van der Waals surface area contributed by atoms with E-state index in [0.29, 0.717) is 48.0 Å². The van der Waals surface area contributed by atoms with Crippen LogP contribution in [0.2, 0.25) is 0 Å². The zero-order valence-corrected chi connectivity index (χ0v) is 19.3. The molecule has 1 amide bonds. The van der Waals surface area contributed by atoms with Crippen molar-refractivity contribution in [3.8, 4) is 17.1 Å². The average Bonchev–Trinajstić information content (AvgIpc) is 3.34. The lowest BCUT2D eigenvalue weighted by molar-refractivity contribution is -0.120. The highest BCUT2D eigenvalue weighted by Crippen LogP contribution is 2.27. The Morgan fingerprint density at radius 1 is 1.18 bits per heavy atom. The van der Waals surface area contributed by atoms with E-state index >= 15 is 0 Å². The molecule has 1 aliphatic rings. The van der Waals surface area contributed by atoms with Crippen molar-refractivity contribution in [1.82, 2.24) is 14.4 Å². The Kier molecular flexibility index (Phi) is 6.75. The van der Waals surface area contributed by atoms with E-state index in [2.05, 4.69) is 15.5 Å². The van der Waals surface area contributed by atoms with Gasteiger partial charge in [-0.1, -0.05) is 24.2 Å². The van der Waals surface area contributed by atoms with E-state index in [-0.39, 0.29) is 29.8 Å². The number of aromatic nitrogens is 2. The summed E-state index contributed by atoms with van der Waals surface area (Å²) < 4.78 is 38.1. The number of piperidine rings is 1. The molecule has 0 aliphatic carbocycles. The molecule has 0 atom stereocenters. The fourth-order valence-electron chi connectivity index (χ4n) is 3.74. The molecule has 0 radical (unpaired) electrons. The van der Waals surface area contributed by atoms with Gasteiger partial charge in [0.15, 0.2) is 0 Å². The van der Waals surface area contributed by atoms with Gasteiger partial charge in [-0.2, -0.15) is 9.29 Å². The van der Waals surface area contributed by atoms with Gasteiger partial charge in [-0.25, -0.2) is 8.42 Å². The van der Waals surface area contributed by atoms with E-state index in [1.165, 1.54) is 4.31 Å². The van der Waals surface area contributed by atoms with E-state index in [1.54, 1.807) is 55.6 Å². The van der Waals surface area contributed by atoms with Gasteiger partial charge in [0.1, 0.15) is 5.75 Å². The first-order valence-corrected chi connectivity index (χ1v) is 12.2. The molecule has 2 heterocycles. The molecule has 0 bridgehead atoms. The van der Waals surface area contributed by atoms with Crippen molar-refractivity contribution in [2.45, 2.75) is 31.1 Å². The molecule has 4 rings (SSSR count). The summed E-state index contributed by atoms with van der Waals surface area (Å²) in [6.07, 6.45) is 1.50. The normalized spacial score (nSPS) is 15.3. The van der Waals surface area contributed by atoms with Gasteiger partial charge < -0.3 is 14.6 Å². The third kappa shape index (κ3) is 5.07. The van der Waals surface area contributed by atoms with Gasteiger partial charge in [0.2, 0.25) is 27.6 Å². The number of benzene rings is 2. The maximum Gasteiger partial charge on any atom is 0.243 e. The van der Waals surface area contributed by atoms with Crippen molar-refractivity contribution in [2.24, 2.45) is 5.92 Å². The smallest absolute Gasteiger partial charge is 0.243 e. The summed E-state index contributed by atoms with van der Waals surface area (Å²) in [5.74, 6) is 1.20. The lowest BCUT2D eigenvalue weighted by Gasteiger charge is -2.30. The summed E-state index contributed by atoms with van der Waals surface area (Å²) in [6.45, 7) is 2.45. The van der Waals surface area contributed by atoms with Crippen molar-refractivity contribution in [1.29, 1.82) is 0 Å². The summed E-state index contributed by atoms with van der Waals surface area (Å²) in [5, 5.41) is 6.82. The standard InChI is InChI=1S/C23H26N4O5S/c1-3-21-25-22(26-32-21)17-5-4-6-20(15-17)33(29,30)27-13-11-16(12-14-27)23(28)24-18-7-9-19(31-2)10-8-18/h4-10,15-16H,3,11-14H2,1-2H3,(H,24,28). The monoisotopic (exact) mass is 470 g/mol. The van der Waals surface area contributed by atoms with Crippen LogP contribution in [0.3, 0.4) is 0 Å². The highest BCUT2D eigenvalue weighted by atomic mass is 32.2. The first-order valence-electron chi connectivity index (χ1n) is 10.8. The first kappa shape index (κ1) is 22.9. The summed E-state index contributed by atoms with van der Waals surface area (Å²) in [5.41, 5.74) is 1.26. The molecule has 1 aromatic heterocycles. The van der Waals surface area contributed by atoms with Crippen LogP contribution in [0.15, 0.2) is 57.9 Å². The topological polar surface area (TPSA) is 115 Å². The van der Waals surface area contributed by atoms with Crippen LogP contribution >= 0.6 is 0 Å². The number of nitrogens with one attached hydrogen (secondary N) is 1. The van der Waals surface area contributed by atoms with Gasteiger partial charge in [-0.3, -0.25) is 4.79 Å². The number of carbonyl (C=O) groups excluding carboxylic acids is 1. The van der Waals surface area contributed by atoms with Crippen LogP contribution in [0.25, 0.3) is 11.4 Å². The molecule has 33 heavy (non-hydrogen) atoms. The van der Waals surface area contributed by atoms with Crippen LogP contribution in [0.4, 0.5) is 5.69 Å². The molecule has 2 aromatic carbocycles. The zero-order chi connectivity index (χ0) is 23.4. The third-order valence-electron chi connectivity index (χ3n) is 5.68. The van der Waals surface area contributed by atoms with Crippen molar-refractivity contribution in [3.63, 3.8) is 0 Å². The van der Waals surface area contributed by atoms with Crippen LogP contribution in [-0.4, -0.2) is 49.0 Å². The first-order chi connectivity index (χ1) is 15.9. The molecule has 3 aromatic rings. The number of carbonyl (C=O) groups is 1. The molecule has 1 saturated heterocycles. The molecule has 1 fully saturated rings. The van der Waals surface area contributed by atoms with E-state index in [0.717, 1.165) is 0 Å². The number of amides is 1. The highest BCUT2D eigenvalue weighted by Gasteiger charge is 2.32. The van der Waals surface area contributed by atoms with E-state index in [1.807, 2.05) is 6.92 Å². The number of rotatable bonds is 7. The van der Waals surface area contributed by atoms with Crippen molar-refractivity contribution >= 4 is 21.6 Å². The van der Waals surface area contributed by atoms with E-state index in [4.69, 9.17) is 9.26 Å². The lowest BCUT2D eigenvalue weighted by Crippen LogP contribution is -2.41. The maximum atomic E-state index is 13.2. The second-order valence-corrected chi connectivity index (χ2v) is 9.73. The minimum absolute atomic E-state index is 0.108.